The molecular weight excluding hydrogens is 472 g/mol. The van der Waals surface area contributed by atoms with Crippen LogP contribution in [0.15, 0.2) is 114 Å². The molecule has 182 valence electrons. The van der Waals surface area contributed by atoms with Crippen LogP contribution in [0.4, 0.5) is 5.69 Å². The molecule has 0 fully saturated rings. The summed E-state index contributed by atoms with van der Waals surface area (Å²) in [5, 5.41) is 3.10. The molecule has 4 aromatic carbocycles. The van der Waals surface area contributed by atoms with Crippen LogP contribution in [0.2, 0.25) is 0 Å². The maximum Gasteiger partial charge on any atom is 0.264 e. The lowest BCUT2D eigenvalue weighted by Crippen LogP contribution is -2.51. The van der Waals surface area contributed by atoms with Gasteiger partial charge >= 0.3 is 0 Å². The van der Waals surface area contributed by atoms with E-state index in [1.165, 1.54) is 4.31 Å². The van der Waals surface area contributed by atoms with E-state index in [1.54, 1.807) is 54.6 Å². The molecule has 2 atom stereocenters. The number of nitrogens with zero attached hydrogens (tertiary/aromatic N) is 1. The van der Waals surface area contributed by atoms with Crippen molar-refractivity contribution in [1.82, 2.24) is 5.32 Å². The van der Waals surface area contributed by atoms with Gasteiger partial charge in [0.05, 0.1) is 23.2 Å². The van der Waals surface area contributed by atoms with Crippen LogP contribution in [-0.4, -0.2) is 27.0 Å². The third-order valence-corrected chi connectivity index (χ3v) is 7.98. The normalized spacial score (nSPS) is 15.9. The van der Waals surface area contributed by atoms with Gasteiger partial charge in [-0.15, -0.1) is 0 Å². The van der Waals surface area contributed by atoms with E-state index in [-0.39, 0.29) is 11.4 Å². The number of rotatable bonds is 6. The number of para-hydroxylation sites is 2. The highest BCUT2D eigenvalue weighted by Gasteiger charge is 2.38. The molecule has 0 saturated carbocycles. The molecule has 36 heavy (non-hydrogen) atoms. The van der Waals surface area contributed by atoms with Crippen molar-refractivity contribution in [2.45, 2.75) is 24.0 Å². The van der Waals surface area contributed by atoms with Crippen LogP contribution in [0.5, 0.6) is 5.75 Å². The molecule has 6 nitrogen and oxygen atoms in total. The van der Waals surface area contributed by atoms with Crippen molar-refractivity contribution in [2.75, 3.05) is 10.8 Å². The lowest BCUT2D eigenvalue weighted by Gasteiger charge is -2.35. The summed E-state index contributed by atoms with van der Waals surface area (Å²) in [7, 11) is -3.91. The zero-order valence-electron chi connectivity index (χ0n) is 19.7. The van der Waals surface area contributed by atoms with Crippen LogP contribution in [0, 0.1) is 6.92 Å². The van der Waals surface area contributed by atoms with Gasteiger partial charge in [-0.3, -0.25) is 9.10 Å². The van der Waals surface area contributed by atoms with Gasteiger partial charge < -0.3 is 10.1 Å². The molecule has 4 aromatic rings. The maximum absolute atomic E-state index is 13.6. The Bertz CT molecular complexity index is 1460. The van der Waals surface area contributed by atoms with Crippen molar-refractivity contribution in [3.8, 4) is 5.75 Å². The number of ether oxygens (including phenoxy) is 1. The number of aryl methyl sites for hydroxylation is 1. The third kappa shape index (κ3) is 4.70. The molecule has 0 saturated heterocycles. The first-order chi connectivity index (χ1) is 17.4. The van der Waals surface area contributed by atoms with Crippen LogP contribution in [-0.2, 0) is 14.8 Å². The van der Waals surface area contributed by atoms with Crippen molar-refractivity contribution >= 4 is 21.6 Å². The molecule has 0 spiro atoms. The number of hydrogen-bond donors (Lipinski definition) is 1. The fourth-order valence-corrected chi connectivity index (χ4v) is 5.78. The summed E-state index contributed by atoms with van der Waals surface area (Å²) in [6.07, 6.45) is -1.03. The SMILES string of the molecule is Cc1ccc([C@H](NC(=O)[C@H]2CN(S(=O)(=O)c3ccccc3)c3ccccc3O2)c2ccccc2)cc1. The van der Waals surface area contributed by atoms with E-state index in [0.717, 1.165) is 16.7 Å². The predicted octanol–water partition coefficient (Wildman–Crippen LogP) is 4.86. The topological polar surface area (TPSA) is 75.7 Å². The van der Waals surface area contributed by atoms with Gasteiger partial charge in [-0.05, 0) is 42.3 Å². The molecule has 1 amide bonds. The van der Waals surface area contributed by atoms with Gasteiger partial charge in [-0.25, -0.2) is 8.42 Å². The number of carbonyl (C=O) groups is 1. The minimum Gasteiger partial charge on any atom is -0.476 e. The summed E-state index contributed by atoms with van der Waals surface area (Å²) in [6, 6.07) is 32.3. The van der Waals surface area contributed by atoms with Gasteiger partial charge in [0.2, 0.25) is 0 Å². The fourth-order valence-electron chi connectivity index (χ4n) is 4.28. The summed E-state index contributed by atoms with van der Waals surface area (Å²) in [5.41, 5.74) is 3.36. The van der Waals surface area contributed by atoms with E-state index in [0.29, 0.717) is 11.4 Å². The first-order valence-corrected chi connectivity index (χ1v) is 13.1. The second-order valence-electron chi connectivity index (χ2n) is 8.69. The Morgan fingerprint density at radius 3 is 2.11 bits per heavy atom. The monoisotopic (exact) mass is 498 g/mol. The lowest BCUT2D eigenvalue weighted by atomic mass is 9.97. The van der Waals surface area contributed by atoms with Gasteiger partial charge in [-0.2, -0.15) is 0 Å². The molecule has 0 radical (unpaired) electrons. The van der Waals surface area contributed by atoms with Gasteiger partial charge in [0.25, 0.3) is 15.9 Å². The second kappa shape index (κ2) is 9.87. The molecule has 1 heterocycles. The van der Waals surface area contributed by atoms with E-state index in [9.17, 15) is 13.2 Å². The number of fused-ring (bicyclic) bond motifs is 1. The van der Waals surface area contributed by atoms with Gasteiger partial charge in [0.15, 0.2) is 6.10 Å². The molecular formula is C29H26N2O4S. The molecule has 0 unspecified atom stereocenters. The molecule has 0 aliphatic carbocycles. The van der Waals surface area contributed by atoms with Gasteiger partial charge in [0, 0.05) is 0 Å². The molecule has 0 bridgehead atoms. The second-order valence-corrected chi connectivity index (χ2v) is 10.5. The standard InChI is InChI=1S/C29H26N2O4S/c1-21-16-18-23(19-17-21)28(22-10-4-2-5-11-22)30-29(32)27-20-31(25-14-8-9-15-26(25)35-27)36(33,34)24-12-6-3-7-13-24/h2-19,27-28H,20H2,1H3,(H,30,32)/t27-,28-/m1/s1. The number of nitrogens with one attached hydrogen (secondary N) is 1. The van der Waals surface area contributed by atoms with E-state index >= 15 is 0 Å². The van der Waals surface area contributed by atoms with Crippen molar-refractivity contribution < 1.29 is 17.9 Å². The Kier molecular flexibility index (Phi) is 6.48. The largest absolute Gasteiger partial charge is 0.476 e. The van der Waals surface area contributed by atoms with Crippen molar-refractivity contribution in [2.24, 2.45) is 0 Å². The van der Waals surface area contributed by atoms with Crippen LogP contribution in [0.3, 0.4) is 0 Å². The Balaban J connectivity index is 1.47. The number of amides is 1. The summed E-state index contributed by atoms with van der Waals surface area (Å²) in [4.78, 5) is 13.7. The number of benzene rings is 4. The Morgan fingerprint density at radius 2 is 1.42 bits per heavy atom. The predicted molar refractivity (Wildman–Crippen MR) is 139 cm³/mol. The first kappa shape index (κ1) is 23.6. The number of carbonyl (C=O) groups excluding carboxylic acids is 1. The Hall–Kier alpha value is -4.10. The van der Waals surface area contributed by atoms with E-state index in [4.69, 9.17) is 4.74 Å². The van der Waals surface area contributed by atoms with Crippen molar-refractivity contribution in [3.05, 3.63) is 126 Å². The number of anilines is 1. The van der Waals surface area contributed by atoms with E-state index in [2.05, 4.69) is 5.32 Å². The van der Waals surface area contributed by atoms with E-state index in [1.807, 2.05) is 61.5 Å². The van der Waals surface area contributed by atoms with Crippen molar-refractivity contribution in [1.29, 1.82) is 0 Å². The molecule has 7 heteroatoms. The lowest BCUT2D eigenvalue weighted by molar-refractivity contribution is -0.128. The average molecular weight is 499 g/mol. The number of sulfonamides is 1. The summed E-state index contributed by atoms with van der Waals surface area (Å²) < 4.78 is 34.4. The van der Waals surface area contributed by atoms with Gasteiger partial charge in [-0.1, -0.05) is 90.5 Å². The van der Waals surface area contributed by atoms with Crippen LogP contribution in [0.1, 0.15) is 22.7 Å². The summed E-state index contributed by atoms with van der Waals surface area (Å²) in [5.74, 6) is -0.0535. The van der Waals surface area contributed by atoms with Crippen LogP contribution in [0.25, 0.3) is 0 Å². The molecule has 1 N–H and O–H groups in total. The highest BCUT2D eigenvalue weighted by Crippen LogP contribution is 2.37. The number of hydrogen-bond acceptors (Lipinski definition) is 4. The Morgan fingerprint density at radius 1 is 0.833 bits per heavy atom. The molecule has 0 aromatic heterocycles. The first-order valence-electron chi connectivity index (χ1n) is 11.7. The zero-order chi connectivity index (χ0) is 25.1. The minimum absolute atomic E-state index is 0.143. The Labute approximate surface area is 211 Å². The van der Waals surface area contributed by atoms with Crippen LogP contribution < -0.4 is 14.4 Å². The smallest absolute Gasteiger partial charge is 0.264 e. The van der Waals surface area contributed by atoms with Crippen LogP contribution >= 0.6 is 0 Å². The zero-order valence-corrected chi connectivity index (χ0v) is 20.6. The highest BCUT2D eigenvalue weighted by atomic mass is 32.2. The molecule has 5 rings (SSSR count). The minimum atomic E-state index is -3.91. The van der Waals surface area contributed by atoms with Gasteiger partial charge in [0.1, 0.15) is 5.75 Å². The third-order valence-electron chi connectivity index (χ3n) is 6.19. The summed E-state index contributed by atoms with van der Waals surface area (Å²) in [6.45, 7) is 1.87. The maximum atomic E-state index is 13.6. The average Bonchev–Trinajstić information content (AvgIpc) is 2.92. The van der Waals surface area contributed by atoms with E-state index < -0.39 is 28.1 Å². The summed E-state index contributed by atoms with van der Waals surface area (Å²) >= 11 is 0. The quantitative estimate of drug-likeness (QED) is 0.412. The fraction of sp³-hybridized carbons (Fsp3) is 0.138. The highest BCUT2D eigenvalue weighted by molar-refractivity contribution is 7.92. The molecule has 1 aliphatic rings. The van der Waals surface area contributed by atoms with Crippen molar-refractivity contribution in [3.63, 3.8) is 0 Å². The molecule has 1 aliphatic heterocycles.